The molecule has 0 N–H and O–H groups in total. The van der Waals surface area contributed by atoms with Crippen molar-refractivity contribution in [3.8, 4) is 0 Å². The van der Waals surface area contributed by atoms with Crippen LogP contribution in [0.5, 0.6) is 0 Å². The van der Waals surface area contributed by atoms with E-state index in [1.165, 1.54) is 31.1 Å². The first-order valence-corrected chi connectivity index (χ1v) is 16.8. The summed E-state index contributed by atoms with van der Waals surface area (Å²) < 4.78 is 6.17. The van der Waals surface area contributed by atoms with Crippen molar-refractivity contribution in [1.82, 2.24) is 0 Å². The van der Waals surface area contributed by atoms with Gasteiger partial charge >= 0.3 is 5.97 Å². The Labute approximate surface area is 254 Å². The molecule has 5 aliphatic carbocycles. The normalized spacial score (nSPS) is 46.8. The number of halogens is 1. The maximum Gasteiger partial charge on any atom is 0.307 e. The molecule has 4 unspecified atom stereocenters. The zero-order valence-corrected chi connectivity index (χ0v) is 27.8. The number of hydrogen-bond acceptors (Lipinski definition) is 4. The molecule has 0 bridgehead atoms. The third-order valence-corrected chi connectivity index (χ3v) is 15.2. The molecule has 0 heterocycles. The smallest absolute Gasteiger partial charge is 0.307 e. The summed E-state index contributed by atoms with van der Waals surface area (Å²) in [7, 11) is 0. The Morgan fingerprint density at radius 3 is 2.20 bits per heavy atom. The molecule has 5 fully saturated rings. The highest BCUT2D eigenvalue weighted by Crippen LogP contribution is 2.77. The van der Waals surface area contributed by atoms with E-state index in [-0.39, 0.29) is 45.6 Å². The second-order valence-electron chi connectivity index (χ2n) is 17.2. The van der Waals surface area contributed by atoms with Crippen LogP contribution in [0, 0.1) is 62.1 Å². The molecule has 10 atom stereocenters. The number of fused-ring (bicyclic) bond motifs is 7. The maximum atomic E-state index is 13.0. The number of allylic oxidation sites excluding steroid dienone is 1. The van der Waals surface area contributed by atoms with Crippen LogP contribution < -0.4 is 0 Å². The van der Waals surface area contributed by atoms with E-state index in [0.717, 1.165) is 44.9 Å². The van der Waals surface area contributed by atoms with Crippen molar-refractivity contribution in [3.05, 3.63) is 12.2 Å². The van der Waals surface area contributed by atoms with Crippen LogP contribution in [0.2, 0.25) is 0 Å². The first-order chi connectivity index (χ1) is 18.9. The molecular formula is C36H55ClO4. The van der Waals surface area contributed by atoms with Gasteiger partial charge < -0.3 is 9.53 Å². The molecule has 0 aromatic heterocycles. The Kier molecular flexibility index (Phi) is 7.57. The molecule has 4 nitrogen and oxygen atoms in total. The second-order valence-corrected chi connectivity index (χ2v) is 17.6. The standard InChI is InChI=1S/C36H55ClO4/c1-22(2)23-12-17-36(21-38)19-18-34(8)24(29(23)36)10-11-26-33(7)15-14-27(41-28(39)20-31(3,4)30(37)40)32(5,6)25(33)13-16-35(26,34)9/h21,23-27,29H,1,10-20H2,2-9H3/t23-,24?,25?,26?,27-,29?,33-,34+,35+,36+/m0/s1. The maximum absolute atomic E-state index is 13.0. The van der Waals surface area contributed by atoms with Crippen molar-refractivity contribution in [2.24, 2.45) is 62.1 Å². The predicted octanol–water partition coefficient (Wildman–Crippen LogP) is 8.94. The van der Waals surface area contributed by atoms with Crippen LogP contribution in [-0.4, -0.2) is 23.6 Å². The monoisotopic (exact) mass is 586 g/mol. The van der Waals surface area contributed by atoms with Crippen molar-refractivity contribution in [3.63, 3.8) is 0 Å². The van der Waals surface area contributed by atoms with E-state index in [9.17, 15) is 14.4 Å². The molecule has 0 aromatic carbocycles. The van der Waals surface area contributed by atoms with Gasteiger partial charge in [-0.25, -0.2) is 0 Å². The first kappa shape index (κ1) is 31.3. The van der Waals surface area contributed by atoms with E-state index in [1.54, 1.807) is 13.8 Å². The minimum atomic E-state index is -0.920. The van der Waals surface area contributed by atoms with Crippen LogP contribution in [0.25, 0.3) is 0 Å². The Morgan fingerprint density at radius 1 is 0.902 bits per heavy atom. The molecule has 0 aliphatic heterocycles. The fraction of sp³-hybridized carbons (Fsp3) is 0.861. The average molecular weight is 587 g/mol. The number of carbonyl (C=O) groups is 3. The summed E-state index contributed by atoms with van der Waals surface area (Å²) in [4.78, 5) is 37.5. The van der Waals surface area contributed by atoms with Crippen molar-refractivity contribution >= 4 is 29.1 Å². The van der Waals surface area contributed by atoms with Crippen molar-refractivity contribution in [2.75, 3.05) is 0 Å². The highest BCUT2D eigenvalue weighted by Gasteiger charge is 2.71. The lowest BCUT2D eigenvalue weighted by atomic mass is 9.32. The molecule has 0 amide bonds. The number of ether oxygens (including phenoxy) is 1. The third kappa shape index (κ3) is 4.37. The molecule has 0 spiro atoms. The summed E-state index contributed by atoms with van der Waals surface area (Å²) in [6.07, 6.45) is 12.3. The van der Waals surface area contributed by atoms with E-state index < -0.39 is 10.7 Å². The van der Waals surface area contributed by atoms with Crippen LogP contribution in [0.15, 0.2) is 12.2 Å². The summed E-state index contributed by atoms with van der Waals surface area (Å²) >= 11 is 5.76. The van der Waals surface area contributed by atoms with Gasteiger partial charge in [-0.05, 0) is 129 Å². The molecule has 41 heavy (non-hydrogen) atoms. The summed E-state index contributed by atoms with van der Waals surface area (Å²) in [5.41, 5.74) is 0.684. The van der Waals surface area contributed by atoms with Gasteiger partial charge in [0.05, 0.1) is 6.42 Å². The van der Waals surface area contributed by atoms with E-state index >= 15 is 0 Å². The summed E-state index contributed by atoms with van der Waals surface area (Å²) in [6.45, 7) is 22.4. The lowest BCUT2D eigenvalue weighted by molar-refractivity contribution is -0.248. The molecule has 0 aromatic rings. The van der Waals surface area contributed by atoms with Crippen molar-refractivity contribution in [1.29, 1.82) is 0 Å². The predicted molar refractivity (Wildman–Crippen MR) is 164 cm³/mol. The second kappa shape index (κ2) is 9.93. The minimum Gasteiger partial charge on any atom is -0.462 e. The molecule has 5 heteroatoms. The number of carbonyl (C=O) groups excluding carboxylic acids is 3. The summed E-state index contributed by atoms with van der Waals surface area (Å²) in [6, 6.07) is 0. The van der Waals surface area contributed by atoms with Gasteiger partial charge in [0.15, 0.2) is 0 Å². The summed E-state index contributed by atoms with van der Waals surface area (Å²) in [5, 5.41) is -0.499. The van der Waals surface area contributed by atoms with Crippen molar-refractivity contribution < 1.29 is 19.1 Å². The van der Waals surface area contributed by atoms with Gasteiger partial charge in [-0.1, -0.05) is 60.6 Å². The first-order valence-electron chi connectivity index (χ1n) is 16.4. The largest absolute Gasteiger partial charge is 0.462 e. The zero-order chi connectivity index (χ0) is 30.4. The van der Waals surface area contributed by atoms with Gasteiger partial charge in [0, 0.05) is 16.2 Å². The number of hydrogen-bond donors (Lipinski definition) is 0. The number of esters is 1. The van der Waals surface area contributed by atoms with Gasteiger partial charge in [-0.15, -0.1) is 0 Å². The van der Waals surface area contributed by atoms with Gasteiger partial charge in [0.1, 0.15) is 12.4 Å². The molecule has 0 radical (unpaired) electrons. The topological polar surface area (TPSA) is 60.4 Å². The average Bonchev–Trinajstić information content (AvgIpc) is 3.26. The van der Waals surface area contributed by atoms with E-state index in [0.29, 0.717) is 29.6 Å². The van der Waals surface area contributed by atoms with Gasteiger partial charge in [0.2, 0.25) is 5.24 Å². The van der Waals surface area contributed by atoms with Crippen LogP contribution in [0.1, 0.15) is 126 Å². The van der Waals surface area contributed by atoms with Gasteiger partial charge in [0.25, 0.3) is 0 Å². The van der Waals surface area contributed by atoms with Crippen LogP contribution >= 0.6 is 11.6 Å². The fourth-order valence-corrected chi connectivity index (χ4v) is 12.3. The fourth-order valence-electron chi connectivity index (χ4n) is 12.2. The molecule has 5 aliphatic rings. The van der Waals surface area contributed by atoms with E-state index in [1.807, 2.05) is 0 Å². The zero-order valence-electron chi connectivity index (χ0n) is 27.0. The number of aldehydes is 1. The molecule has 5 rings (SSSR count). The quantitative estimate of drug-likeness (QED) is 0.135. The summed E-state index contributed by atoms with van der Waals surface area (Å²) in [5.74, 6) is 2.26. The lowest BCUT2D eigenvalue weighted by Gasteiger charge is -2.72. The van der Waals surface area contributed by atoms with Crippen LogP contribution in [0.3, 0.4) is 0 Å². The van der Waals surface area contributed by atoms with E-state index in [2.05, 4.69) is 48.1 Å². The Bertz CT molecular complexity index is 1120. The van der Waals surface area contributed by atoms with Crippen molar-refractivity contribution in [2.45, 2.75) is 132 Å². The Morgan fingerprint density at radius 2 is 1.59 bits per heavy atom. The molecule has 0 saturated heterocycles. The third-order valence-electron chi connectivity index (χ3n) is 14.7. The Balaban J connectivity index is 1.41. The highest BCUT2D eigenvalue weighted by molar-refractivity contribution is 6.64. The van der Waals surface area contributed by atoms with E-state index in [4.69, 9.17) is 16.3 Å². The van der Waals surface area contributed by atoms with Crippen LogP contribution in [-0.2, 0) is 19.1 Å². The molecule has 230 valence electrons. The number of rotatable bonds is 6. The SMILES string of the molecule is C=C(C)[C@@H]1CC[C@]2(C=O)CC[C@]3(C)C(CCC4[C@@]5(C)CC[C@H](OC(=O)CC(C)(C)C(=O)Cl)C(C)(C)C5CC[C@]43C)C12. The minimum absolute atomic E-state index is 0.0128. The van der Waals surface area contributed by atoms with Gasteiger partial charge in [-0.3, -0.25) is 9.59 Å². The highest BCUT2D eigenvalue weighted by atomic mass is 35.5. The van der Waals surface area contributed by atoms with Gasteiger partial charge in [-0.2, -0.15) is 0 Å². The van der Waals surface area contributed by atoms with Crippen LogP contribution in [0.4, 0.5) is 0 Å². The lowest BCUT2D eigenvalue weighted by Crippen LogP contribution is -2.67. The molecule has 5 saturated carbocycles. The Hall–Kier alpha value is -1.16. The molecular weight excluding hydrogens is 532 g/mol.